The van der Waals surface area contributed by atoms with E-state index in [4.69, 9.17) is 4.74 Å². The minimum Gasteiger partial charge on any atom is -0.497 e. The van der Waals surface area contributed by atoms with Crippen LogP contribution in [-0.2, 0) is 0 Å². The number of nitrogens with zero attached hydrogens (tertiary/aromatic N) is 4. The summed E-state index contributed by atoms with van der Waals surface area (Å²) in [5.41, 5.74) is 0.898. The van der Waals surface area contributed by atoms with Crippen molar-refractivity contribution in [3.63, 3.8) is 0 Å². The normalized spacial score (nSPS) is 10.2. The van der Waals surface area contributed by atoms with Crippen molar-refractivity contribution >= 4 is 17.5 Å². The third-order valence-corrected chi connectivity index (χ3v) is 2.94. The smallest absolute Gasteiger partial charge is 0.247 e. The molecule has 20 heavy (non-hydrogen) atoms. The third-order valence-electron chi connectivity index (χ3n) is 2.94. The first-order valence-electron chi connectivity index (χ1n) is 6.62. The minimum atomic E-state index is 0.628. The highest BCUT2D eigenvalue weighted by Gasteiger charge is 2.07. The highest BCUT2D eigenvalue weighted by Crippen LogP contribution is 2.20. The molecule has 0 aliphatic heterocycles. The van der Waals surface area contributed by atoms with E-state index < -0.39 is 0 Å². The van der Waals surface area contributed by atoms with E-state index in [2.05, 4.69) is 34.3 Å². The van der Waals surface area contributed by atoms with E-state index in [1.807, 2.05) is 29.2 Å². The van der Waals surface area contributed by atoms with Crippen LogP contribution >= 0.6 is 0 Å². The van der Waals surface area contributed by atoms with Gasteiger partial charge in [-0.2, -0.15) is 10.1 Å². The Hall–Kier alpha value is -2.37. The maximum atomic E-state index is 5.19. The lowest BCUT2D eigenvalue weighted by Gasteiger charge is -2.18. The Balaban J connectivity index is 2.18. The van der Waals surface area contributed by atoms with Gasteiger partial charge in [0.15, 0.2) is 5.82 Å². The molecule has 1 N–H and O–H groups in total. The molecule has 0 fully saturated rings. The van der Waals surface area contributed by atoms with Gasteiger partial charge in [-0.25, -0.2) is 0 Å². The molecule has 0 atom stereocenters. The fourth-order valence-electron chi connectivity index (χ4n) is 1.84. The summed E-state index contributed by atoms with van der Waals surface area (Å²) in [4.78, 5) is 6.51. The predicted octanol–water partition coefficient (Wildman–Crippen LogP) is 2.47. The summed E-state index contributed by atoms with van der Waals surface area (Å²) in [6.45, 7) is 5.83. The average Bonchev–Trinajstić information content (AvgIpc) is 2.49. The van der Waals surface area contributed by atoms with Crippen LogP contribution in [0, 0.1) is 0 Å². The molecule has 0 amide bonds. The Morgan fingerprint density at radius 2 is 2.05 bits per heavy atom. The molecule has 0 radical (unpaired) electrons. The van der Waals surface area contributed by atoms with E-state index in [1.54, 1.807) is 13.3 Å². The molecule has 1 heterocycles. The van der Waals surface area contributed by atoms with Gasteiger partial charge in [-0.3, -0.25) is 0 Å². The Morgan fingerprint density at radius 3 is 2.75 bits per heavy atom. The van der Waals surface area contributed by atoms with Crippen molar-refractivity contribution < 1.29 is 4.74 Å². The number of anilines is 3. The predicted molar refractivity (Wildman–Crippen MR) is 79.7 cm³/mol. The van der Waals surface area contributed by atoms with Gasteiger partial charge in [-0.15, -0.1) is 5.10 Å². The van der Waals surface area contributed by atoms with Crippen molar-refractivity contribution in [3.8, 4) is 5.75 Å². The van der Waals surface area contributed by atoms with Crippen molar-refractivity contribution in [3.05, 3.63) is 30.5 Å². The van der Waals surface area contributed by atoms with Gasteiger partial charge in [-0.05, 0) is 26.0 Å². The second-order valence-corrected chi connectivity index (χ2v) is 4.17. The lowest BCUT2D eigenvalue weighted by atomic mass is 10.3. The maximum absolute atomic E-state index is 5.19. The molecule has 0 aliphatic carbocycles. The minimum absolute atomic E-state index is 0.628. The van der Waals surface area contributed by atoms with Crippen molar-refractivity contribution in [2.24, 2.45) is 0 Å². The number of aromatic nitrogens is 3. The van der Waals surface area contributed by atoms with Crippen LogP contribution in [-0.4, -0.2) is 35.4 Å². The molecule has 0 spiro atoms. The van der Waals surface area contributed by atoms with E-state index in [1.165, 1.54) is 0 Å². The zero-order chi connectivity index (χ0) is 14.4. The summed E-state index contributed by atoms with van der Waals surface area (Å²) in [7, 11) is 1.64. The summed E-state index contributed by atoms with van der Waals surface area (Å²) >= 11 is 0. The van der Waals surface area contributed by atoms with E-state index >= 15 is 0 Å². The van der Waals surface area contributed by atoms with E-state index in [-0.39, 0.29) is 0 Å². The molecule has 106 valence electrons. The Bertz CT molecular complexity index is 557. The second-order valence-electron chi connectivity index (χ2n) is 4.17. The molecule has 0 aliphatic rings. The van der Waals surface area contributed by atoms with Gasteiger partial charge in [0, 0.05) is 24.8 Å². The molecule has 0 saturated carbocycles. The van der Waals surface area contributed by atoms with E-state index in [0.29, 0.717) is 11.8 Å². The first-order chi connectivity index (χ1) is 9.76. The van der Waals surface area contributed by atoms with Gasteiger partial charge >= 0.3 is 0 Å². The monoisotopic (exact) mass is 273 g/mol. The number of ether oxygens (including phenoxy) is 1. The first kappa shape index (κ1) is 14.0. The lowest BCUT2D eigenvalue weighted by molar-refractivity contribution is 0.415. The molecule has 1 aromatic carbocycles. The van der Waals surface area contributed by atoms with E-state index in [9.17, 15) is 0 Å². The topological polar surface area (TPSA) is 63.2 Å². The molecule has 2 aromatic rings. The molecular formula is C14H19N5O. The lowest BCUT2D eigenvalue weighted by Crippen LogP contribution is -2.24. The largest absolute Gasteiger partial charge is 0.497 e. The van der Waals surface area contributed by atoms with Crippen LogP contribution in [0.1, 0.15) is 13.8 Å². The standard InChI is InChI=1S/C14H19N5O/c1-4-19(5-2)14-17-13(10-15-18-14)16-11-7-6-8-12(9-11)20-3/h6-10H,4-5H2,1-3H3,(H,16,17,18). The van der Waals surface area contributed by atoms with Crippen LogP contribution in [0.4, 0.5) is 17.5 Å². The van der Waals surface area contributed by atoms with Crippen molar-refractivity contribution in [1.29, 1.82) is 0 Å². The van der Waals surface area contributed by atoms with Gasteiger partial charge in [0.1, 0.15) is 5.75 Å². The van der Waals surface area contributed by atoms with Crippen LogP contribution in [0.15, 0.2) is 30.5 Å². The summed E-state index contributed by atoms with van der Waals surface area (Å²) in [6, 6.07) is 7.66. The highest BCUT2D eigenvalue weighted by atomic mass is 16.5. The summed E-state index contributed by atoms with van der Waals surface area (Å²) in [6.07, 6.45) is 1.60. The van der Waals surface area contributed by atoms with Gasteiger partial charge in [-0.1, -0.05) is 6.07 Å². The first-order valence-corrected chi connectivity index (χ1v) is 6.62. The van der Waals surface area contributed by atoms with Crippen molar-refractivity contribution in [2.45, 2.75) is 13.8 Å². The summed E-state index contributed by atoms with van der Waals surface area (Å²) < 4.78 is 5.19. The average molecular weight is 273 g/mol. The second kappa shape index (κ2) is 6.70. The number of rotatable bonds is 6. The Kier molecular flexibility index (Phi) is 4.70. The van der Waals surface area contributed by atoms with Crippen molar-refractivity contribution in [1.82, 2.24) is 15.2 Å². The van der Waals surface area contributed by atoms with Gasteiger partial charge in [0.2, 0.25) is 5.95 Å². The van der Waals surface area contributed by atoms with E-state index in [0.717, 1.165) is 24.5 Å². The molecule has 6 nitrogen and oxygen atoms in total. The quantitative estimate of drug-likeness (QED) is 0.872. The molecule has 6 heteroatoms. The SMILES string of the molecule is CCN(CC)c1nncc(Nc2cccc(OC)c2)n1. The van der Waals surface area contributed by atoms with Crippen LogP contribution < -0.4 is 15.0 Å². The van der Waals surface area contributed by atoms with Crippen LogP contribution in [0.3, 0.4) is 0 Å². The van der Waals surface area contributed by atoms with Crippen LogP contribution in [0.2, 0.25) is 0 Å². The summed E-state index contributed by atoms with van der Waals surface area (Å²) in [5.74, 6) is 2.08. The third kappa shape index (κ3) is 3.34. The van der Waals surface area contributed by atoms with Gasteiger partial charge < -0.3 is 15.0 Å². The van der Waals surface area contributed by atoms with Crippen LogP contribution in [0.5, 0.6) is 5.75 Å². The van der Waals surface area contributed by atoms with Gasteiger partial charge in [0.25, 0.3) is 0 Å². The molecular weight excluding hydrogens is 254 g/mol. The zero-order valence-electron chi connectivity index (χ0n) is 12.0. The van der Waals surface area contributed by atoms with Crippen LogP contribution in [0.25, 0.3) is 0 Å². The fraction of sp³-hybridized carbons (Fsp3) is 0.357. The number of hydrogen-bond acceptors (Lipinski definition) is 6. The Morgan fingerprint density at radius 1 is 1.25 bits per heavy atom. The number of hydrogen-bond donors (Lipinski definition) is 1. The molecule has 0 bridgehead atoms. The van der Waals surface area contributed by atoms with Crippen molar-refractivity contribution in [2.75, 3.05) is 30.4 Å². The zero-order valence-corrected chi connectivity index (χ0v) is 12.0. The summed E-state index contributed by atoms with van der Waals surface area (Å²) in [5, 5.41) is 11.3. The molecule has 0 unspecified atom stereocenters. The molecule has 1 aromatic heterocycles. The molecule has 2 rings (SSSR count). The number of nitrogens with one attached hydrogen (secondary N) is 1. The number of methoxy groups -OCH3 is 1. The highest BCUT2D eigenvalue weighted by molar-refractivity contribution is 5.58. The molecule has 0 saturated heterocycles. The Labute approximate surface area is 118 Å². The fourth-order valence-corrected chi connectivity index (χ4v) is 1.84. The number of benzene rings is 1. The van der Waals surface area contributed by atoms with Gasteiger partial charge in [0.05, 0.1) is 13.3 Å². The maximum Gasteiger partial charge on any atom is 0.247 e.